The van der Waals surface area contributed by atoms with Crippen molar-refractivity contribution in [3.8, 4) is 0 Å². The number of halogens is 1. The molecular weight excluding hydrogens is 225 g/mol. The molecule has 2 aliphatic rings. The number of benzene rings is 1. The number of hydrogen-bond acceptors (Lipinski definition) is 1. The van der Waals surface area contributed by atoms with Crippen LogP contribution in [0.4, 0.5) is 4.39 Å². The number of rotatable bonds is 1. The molecule has 1 aromatic carbocycles. The van der Waals surface area contributed by atoms with Crippen LogP contribution in [0.3, 0.4) is 0 Å². The largest absolute Gasteiger partial charge is 0.316 e. The Bertz CT molecular complexity index is 431. The van der Waals surface area contributed by atoms with Crippen molar-refractivity contribution < 1.29 is 4.39 Å². The molecule has 0 aromatic heterocycles. The highest BCUT2D eigenvalue weighted by Crippen LogP contribution is 2.55. The first-order chi connectivity index (χ1) is 8.74. The molecule has 1 N–H and O–H groups in total. The SMILES string of the molecule is CC1CCCC12CCNCC2c1ccccc1F. The summed E-state index contributed by atoms with van der Waals surface area (Å²) in [6, 6.07) is 7.36. The molecular formula is C16H22FN. The molecule has 1 saturated heterocycles. The van der Waals surface area contributed by atoms with E-state index in [4.69, 9.17) is 0 Å². The van der Waals surface area contributed by atoms with Crippen molar-refractivity contribution in [1.82, 2.24) is 5.32 Å². The van der Waals surface area contributed by atoms with Gasteiger partial charge < -0.3 is 5.32 Å². The highest BCUT2D eigenvalue weighted by atomic mass is 19.1. The fraction of sp³-hybridized carbons (Fsp3) is 0.625. The van der Waals surface area contributed by atoms with Crippen molar-refractivity contribution >= 4 is 0 Å². The fourth-order valence-electron chi connectivity index (χ4n) is 4.28. The van der Waals surface area contributed by atoms with Crippen LogP contribution in [0.1, 0.15) is 44.1 Å². The van der Waals surface area contributed by atoms with Gasteiger partial charge in [-0.05, 0) is 42.3 Å². The first kappa shape index (κ1) is 12.2. The average Bonchev–Trinajstić information content (AvgIpc) is 2.73. The molecule has 2 heteroatoms. The maximum atomic E-state index is 14.1. The van der Waals surface area contributed by atoms with Gasteiger partial charge in [0.25, 0.3) is 0 Å². The molecule has 0 amide bonds. The Balaban J connectivity index is 2.00. The van der Waals surface area contributed by atoms with Crippen molar-refractivity contribution in [1.29, 1.82) is 0 Å². The summed E-state index contributed by atoms with van der Waals surface area (Å²) in [5.74, 6) is 1.05. The van der Waals surface area contributed by atoms with Crippen LogP contribution < -0.4 is 5.32 Å². The van der Waals surface area contributed by atoms with Gasteiger partial charge in [-0.3, -0.25) is 0 Å². The summed E-state index contributed by atoms with van der Waals surface area (Å²) in [5, 5.41) is 3.47. The summed E-state index contributed by atoms with van der Waals surface area (Å²) in [4.78, 5) is 0. The van der Waals surface area contributed by atoms with Crippen LogP contribution in [0.25, 0.3) is 0 Å². The molecule has 1 heterocycles. The molecule has 18 heavy (non-hydrogen) atoms. The minimum atomic E-state index is -0.0234. The summed E-state index contributed by atoms with van der Waals surface area (Å²) in [5.41, 5.74) is 1.27. The van der Waals surface area contributed by atoms with E-state index in [-0.39, 0.29) is 5.82 Å². The van der Waals surface area contributed by atoms with Gasteiger partial charge in [0.05, 0.1) is 0 Å². The lowest BCUT2D eigenvalue weighted by molar-refractivity contribution is 0.113. The summed E-state index contributed by atoms with van der Waals surface area (Å²) in [6.45, 7) is 4.40. The number of piperidine rings is 1. The van der Waals surface area contributed by atoms with Crippen molar-refractivity contribution in [3.05, 3.63) is 35.6 Å². The molecule has 98 valence electrons. The standard InChI is InChI=1S/C16H22FN/c1-12-5-4-8-16(12)9-10-18-11-14(16)13-6-2-3-7-15(13)17/h2-3,6-7,12,14,18H,4-5,8-11H2,1H3. The minimum absolute atomic E-state index is 0.0234. The van der Waals surface area contributed by atoms with Crippen molar-refractivity contribution in [2.75, 3.05) is 13.1 Å². The second-order valence-electron chi connectivity index (χ2n) is 6.05. The van der Waals surface area contributed by atoms with Gasteiger partial charge in [-0.2, -0.15) is 0 Å². The van der Waals surface area contributed by atoms with Gasteiger partial charge >= 0.3 is 0 Å². The van der Waals surface area contributed by atoms with E-state index >= 15 is 0 Å². The summed E-state index contributed by atoms with van der Waals surface area (Å²) in [6.07, 6.45) is 5.10. The molecule has 0 radical (unpaired) electrons. The highest BCUT2D eigenvalue weighted by Gasteiger charge is 2.48. The molecule has 1 aliphatic heterocycles. The molecule has 1 aliphatic carbocycles. The van der Waals surface area contributed by atoms with Crippen LogP contribution in [0, 0.1) is 17.2 Å². The van der Waals surface area contributed by atoms with E-state index in [2.05, 4.69) is 12.2 Å². The second-order valence-corrected chi connectivity index (χ2v) is 6.05. The number of hydrogen-bond donors (Lipinski definition) is 1. The molecule has 1 aromatic rings. The van der Waals surface area contributed by atoms with E-state index in [1.807, 2.05) is 12.1 Å². The van der Waals surface area contributed by atoms with Crippen LogP contribution in [-0.2, 0) is 0 Å². The summed E-state index contributed by atoms with van der Waals surface area (Å²) >= 11 is 0. The molecule has 1 spiro atoms. The Hall–Kier alpha value is -0.890. The van der Waals surface area contributed by atoms with Crippen LogP contribution in [-0.4, -0.2) is 13.1 Å². The van der Waals surface area contributed by atoms with Crippen LogP contribution in [0.15, 0.2) is 24.3 Å². The Morgan fingerprint density at radius 2 is 2.11 bits per heavy atom. The third-order valence-electron chi connectivity index (χ3n) is 5.35. The lowest BCUT2D eigenvalue weighted by Crippen LogP contribution is -2.45. The normalized spacial score (nSPS) is 36.1. The first-order valence-corrected chi connectivity index (χ1v) is 7.19. The molecule has 1 nitrogen and oxygen atoms in total. The zero-order valence-electron chi connectivity index (χ0n) is 11.1. The van der Waals surface area contributed by atoms with Gasteiger partial charge in [0.2, 0.25) is 0 Å². The third-order valence-corrected chi connectivity index (χ3v) is 5.35. The van der Waals surface area contributed by atoms with Gasteiger partial charge in [0.15, 0.2) is 0 Å². The smallest absolute Gasteiger partial charge is 0.126 e. The first-order valence-electron chi connectivity index (χ1n) is 7.19. The zero-order valence-corrected chi connectivity index (χ0v) is 11.1. The van der Waals surface area contributed by atoms with Crippen LogP contribution in [0.2, 0.25) is 0 Å². The van der Waals surface area contributed by atoms with Gasteiger partial charge in [-0.15, -0.1) is 0 Å². The molecule has 3 unspecified atom stereocenters. The lowest BCUT2D eigenvalue weighted by atomic mass is 9.62. The summed E-state index contributed by atoms with van der Waals surface area (Å²) in [7, 11) is 0. The average molecular weight is 247 g/mol. The van der Waals surface area contributed by atoms with Gasteiger partial charge in [0.1, 0.15) is 5.82 Å². The Labute approximate surface area is 109 Å². The predicted molar refractivity (Wildman–Crippen MR) is 72.1 cm³/mol. The van der Waals surface area contributed by atoms with Gasteiger partial charge in [-0.1, -0.05) is 38.0 Å². The Morgan fingerprint density at radius 1 is 1.28 bits per heavy atom. The molecule has 2 fully saturated rings. The summed E-state index contributed by atoms with van der Waals surface area (Å²) < 4.78 is 14.1. The van der Waals surface area contributed by atoms with E-state index in [9.17, 15) is 4.39 Å². The zero-order chi connectivity index (χ0) is 12.6. The monoisotopic (exact) mass is 247 g/mol. The quantitative estimate of drug-likeness (QED) is 0.797. The topological polar surface area (TPSA) is 12.0 Å². The van der Waals surface area contributed by atoms with E-state index in [0.717, 1.165) is 24.6 Å². The Kier molecular flexibility index (Phi) is 3.14. The van der Waals surface area contributed by atoms with E-state index < -0.39 is 0 Å². The third kappa shape index (κ3) is 1.78. The van der Waals surface area contributed by atoms with Crippen LogP contribution >= 0.6 is 0 Å². The second kappa shape index (κ2) is 4.65. The van der Waals surface area contributed by atoms with Crippen LogP contribution in [0.5, 0.6) is 0 Å². The highest BCUT2D eigenvalue weighted by molar-refractivity contribution is 5.26. The molecule has 1 saturated carbocycles. The minimum Gasteiger partial charge on any atom is -0.316 e. The maximum absolute atomic E-state index is 14.1. The predicted octanol–water partition coefficient (Wildman–Crippen LogP) is 3.71. The fourth-order valence-corrected chi connectivity index (χ4v) is 4.28. The molecule has 0 bridgehead atoms. The van der Waals surface area contributed by atoms with E-state index in [1.165, 1.54) is 25.7 Å². The van der Waals surface area contributed by atoms with E-state index in [0.29, 0.717) is 11.3 Å². The molecule has 3 atom stereocenters. The number of nitrogens with one attached hydrogen (secondary N) is 1. The van der Waals surface area contributed by atoms with Crippen molar-refractivity contribution in [2.45, 2.75) is 38.5 Å². The van der Waals surface area contributed by atoms with Gasteiger partial charge in [-0.25, -0.2) is 4.39 Å². The van der Waals surface area contributed by atoms with E-state index in [1.54, 1.807) is 12.1 Å². The van der Waals surface area contributed by atoms with Crippen molar-refractivity contribution in [3.63, 3.8) is 0 Å². The Morgan fingerprint density at radius 3 is 2.83 bits per heavy atom. The maximum Gasteiger partial charge on any atom is 0.126 e. The van der Waals surface area contributed by atoms with Crippen molar-refractivity contribution in [2.24, 2.45) is 11.3 Å². The lowest BCUT2D eigenvalue weighted by Gasteiger charge is -2.45. The molecule has 3 rings (SSSR count). The van der Waals surface area contributed by atoms with Gasteiger partial charge in [0, 0.05) is 12.5 Å².